The molecule has 1 atom stereocenters. The van der Waals surface area contributed by atoms with Crippen molar-refractivity contribution in [2.24, 2.45) is 0 Å². The fourth-order valence-corrected chi connectivity index (χ4v) is 9.83. The van der Waals surface area contributed by atoms with Crippen molar-refractivity contribution in [3.63, 3.8) is 0 Å². The van der Waals surface area contributed by atoms with Gasteiger partial charge in [-0.1, -0.05) is 326 Å². The molecule has 6 heteroatoms. The van der Waals surface area contributed by atoms with Gasteiger partial charge in [-0.15, -0.1) is 0 Å². The van der Waals surface area contributed by atoms with Gasteiger partial charge in [-0.25, -0.2) is 0 Å². The van der Waals surface area contributed by atoms with Crippen molar-refractivity contribution >= 4 is 17.9 Å². The number of carbonyl (C=O) groups excluding carboxylic acids is 3. The van der Waals surface area contributed by atoms with Crippen molar-refractivity contribution in [3.05, 3.63) is 60.8 Å². The van der Waals surface area contributed by atoms with E-state index in [1.165, 1.54) is 212 Å². The highest BCUT2D eigenvalue weighted by molar-refractivity contribution is 5.71. The Labute approximate surface area is 472 Å². The predicted octanol–water partition coefficient (Wildman–Crippen LogP) is 22.7. The van der Waals surface area contributed by atoms with Crippen molar-refractivity contribution in [2.45, 2.75) is 354 Å². The maximum absolute atomic E-state index is 12.8. The molecule has 0 aliphatic heterocycles. The van der Waals surface area contributed by atoms with Crippen LogP contribution in [0.4, 0.5) is 0 Å². The summed E-state index contributed by atoms with van der Waals surface area (Å²) in [6, 6.07) is 0. The quantitative estimate of drug-likeness (QED) is 0.0261. The molecule has 0 bridgehead atoms. The molecule has 76 heavy (non-hydrogen) atoms. The lowest BCUT2D eigenvalue weighted by atomic mass is 10.0. The Morgan fingerprint density at radius 3 is 0.803 bits per heavy atom. The lowest BCUT2D eigenvalue weighted by molar-refractivity contribution is -0.167. The molecule has 0 spiro atoms. The Hall–Kier alpha value is -2.89. The van der Waals surface area contributed by atoms with Gasteiger partial charge in [0.2, 0.25) is 0 Å². The molecule has 0 N–H and O–H groups in total. The second-order valence-corrected chi connectivity index (χ2v) is 22.4. The van der Waals surface area contributed by atoms with Crippen LogP contribution >= 0.6 is 0 Å². The van der Waals surface area contributed by atoms with Gasteiger partial charge in [0.1, 0.15) is 13.2 Å². The van der Waals surface area contributed by atoms with Crippen molar-refractivity contribution in [1.29, 1.82) is 0 Å². The van der Waals surface area contributed by atoms with Gasteiger partial charge in [0.25, 0.3) is 0 Å². The van der Waals surface area contributed by atoms with Crippen LogP contribution in [0.1, 0.15) is 348 Å². The van der Waals surface area contributed by atoms with Gasteiger partial charge in [0.15, 0.2) is 6.10 Å². The highest BCUT2D eigenvalue weighted by Crippen LogP contribution is 2.18. The summed E-state index contributed by atoms with van der Waals surface area (Å²) in [5.41, 5.74) is 0. The SMILES string of the molecule is CC/C=C\C/C=C\C/C=C\C/C=C\C/C=C\CCCCCCCCCCCCCCCC(=O)OCC(COC(=O)CCCCCCC)OC(=O)CCCCCCCCCCCCCCCCCCCCCCCCCC. The average molecular weight is 1060 g/mol. The van der Waals surface area contributed by atoms with Gasteiger partial charge in [-0.2, -0.15) is 0 Å². The maximum Gasteiger partial charge on any atom is 0.306 e. The van der Waals surface area contributed by atoms with Gasteiger partial charge < -0.3 is 14.2 Å². The summed E-state index contributed by atoms with van der Waals surface area (Å²) in [6.45, 7) is 6.50. The van der Waals surface area contributed by atoms with E-state index in [0.29, 0.717) is 19.3 Å². The summed E-state index contributed by atoms with van der Waals surface area (Å²) >= 11 is 0. The van der Waals surface area contributed by atoms with Gasteiger partial charge >= 0.3 is 17.9 Å². The van der Waals surface area contributed by atoms with Crippen LogP contribution in [0, 0.1) is 0 Å². The lowest BCUT2D eigenvalue weighted by Gasteiger charge is -2.18. The summed E-state index contributed by atoms with van der Waals surface area (Å²) in [5, 5.41) is 0. The molecule has 0 aromatic carbocycles. The van der Waals surface area contributed by atoms with E-state index in [-0.39, 0.29) is 31.1 Å². The van der Waals surface area contributed by atoms with E-state index in [4.69, 9.17) is 14.2 Å². The zero-order valence-corrected chi connectivity index (χ0v) is 50.8. The third-order valence-electron chi connectivity index (χ3n) is 14.8. The van der Waals surface area contributed by atoms with Gasteiger partial charge in [-0.3, -0.25) is 14.4 Å². The Morgan fingerprint density at radius 1 is 0.276 bits per heavy atom. The van der Waals surface area contributed by atoms with Crippen molar-refractivity contribution in [2.75, 3.05) is 13.2 Å². The number of esters is 3. The van der Waals surface area contributed by atoms with Crippen molar-refractivity contribution in [1.82, 2.24) is 0 Å². The maximum atomic E-state index is 12.8. The molecule has 1 unspecified atom stereocenters. The molecule has 0 amide bonds. The summed E-state index contributed by atoms with van der Waals surface area (Å²) in [4.78, 5) is 38.0. The van der Waals surface area contributed by atoms with Crippen LogP contribution in [0.2, 0.25) is 0 Å². The monoisotopic (exact) mass is 1060 g/mol. The zero-order valence-electron chi connectivity index (χ0n) is 50.8. The van der Waals surface area contributed by atoms with E-state index in [9.17, 15) is 14.4 Å². The van der Waals surface area contributed by atoms with E-state index in [2.05, 4.69) is 81.5 Å². The first kappa shape index (κ1) is 73.1. The predicted molar refractivity (Wildman–Crippen MR) is 330 cm³/mol. The summed E-state index contributed by atoms with van der Waals surface area (Å²) < 4.78 is 16.8. The molecule has 0 heterocycles. The van der Waals surface area contributed by atoms with Crippen LogP contribution in [0.3, 0.4) is 0 Å². The Kier molecular flexibility index (Phi) is 62.2. The molecule has 0 saturated heterocycles. The van der Waals surface area contributed by atoms with Crippen LogP contribution < -0.4 is 0 Å². The first-order chi connectivity index (χ1) is 37.5. The third-order valence-corrected chi connectivity index (χ3v) is 14.8. The first-order valence-electron chi connectivity index (χ1n) is 33.3. The summed E-state index contributed by atoms with van der Waals surface area (Å²) in [7, 11) is 0. The number of allylic oxidation sites excluding steroid dienone is 10. The molecule has 0 aromatic rings. The molecule has 442 valence electrons. The normalized spacial score (nSPS) is 12.4. The second kappa shape index (κ2) is 64.6. The molecule has 0 saturated carbocycles. The van der Waals surface area contributed by atoms with E-state index >= 15 is 0 Å². The number of carbonyl (C=O) groups is 3. The number of ether oxygens (including phenoxy) is 3. The van der Waals surface area contributed by atoms with Crippen molar-refractivity contribution < 1.29 is 28.6 Å². The van der Waals surface area contributed by atoms with Crippen LogP contribution in [0.15, 0.2) is 60.8 Å². The van der Waals surface area contributed by atoms with Gasteiger partial charge in [-0.05, 0) is 64.2 Å². The molecule has 0 fully saturated rings. The number of hydrogen-bond acceptors (Lipinski definition) is 6. The third kappa shape index (κ3) is 62.0. The lowest BCUT2D eigenvalue weighted by Crippen LogP contribution is -2.30. The summed E-state index contributed by atoms with van der Waals surface area (Å²) in [5.74, 6) is -0.866. The highest BCUT2D eigenvalue weighted by atomic mass is 16.6. The van der Waals surface area contributed by atoms with E-state index in [1.807, 2.05) is 0 Å². The van der Waals surface area contributed by atoms with E-state index in [0.717, 1.165) is 96.3 Å². The Bertz CT molecular complexity index is 1360. The minimum Gasteiger partial charge on any atom is -0.462 e. The molecule has 6 nitrogen and oxygen atoms in total. The first-order valence-corrected chi connectivity index (χ1v) is 33.3. The minimum absolute atomic E-state index is 0.0705. The number of unbranched alkanes of at least 4 members (excludes halogenated alkanes) is 40. The molecule has 0 rings (SSSR count). The molecule has 0 radical (unpaired) electrons. The second-order valence-electron chi connectivity index (χ2n) is 22.4. The Balaban J connectivity index is 3.98. The number of hydrogen-bond donors (Lipinski definition) is 0. The largest absolute Gasteiger partial charge is 0.462 e. The fraction of sp³-hybridized carbons (Fsp3) is 0.814. The van der Waals surface area contributed by atoms with Crippen molar-refractivity contribution in [3.8, 4) is 0 Å². The van der Waals surface area contributed by atoms with Crippen LogP contribution in [0.5, 0.6) is 0 Å². The standard InChI is InChI=1S/C70H126O6/c1-4-7-10-13-15-17-19-21-23-25-27-29-31-33-34-35-36-37-39-40-42-44-46-48-50-52-54-57-60-63-69(72)75-66-67(65-74-68(71)62-59-56-12-9-6-3)76-70(73)64-61-58-55-53-51-49-47-45-43-41-38-32-30-28-26-24-22-20-18-16-14-11-8-5-2/h7,10,15,17,21,23,27,29,33-34,67H,4-6,8-9,11-14,16,18-20,22,24-26,28,30-32,35-66H2,1-3H3/b10-7-,17-15-,23-21-,29-27-,34-33-. The summed E-state index contributed by atoms with van der Waals surface area (Å²) in [6.07, 6.45) is 82.9. The number of rotatable bonds is 61. The molecule has 0 aliphatic carbocycles. The van der Waals surface area contributed by atoms with E-state index in [1.54, 1.807) is 0 Å². The fourth-order valence-electron chi connectivity index (χ4n) is 9.83. The zero-order chi connectivity index (χ0) is 55.0. The van der Waals surface area contributed by atoms with Gasteiger partial charge in [0, 0.05) is 19.3 Å². The van der Waals surface area contributed by atoms with Gasteiger partial charge in [0.05, 0.1) is 0 Å². The Morgan fingerprint density at radius 2 is 0.513 bits per heavy atom. The molecular weight excluding hydrogens is 937 g/mol. The smallest absolute Gasteiger partial charge is 0.306 e. The molecular formula is C70H126O6. The average Bonchev–Trinajstić information content (AvgIpc) is 3.42. The van der Waals surface area contributed by atoms with Crippen LogP contribution in [-0.2, 0) is 28.6 Å². The van der Waals surface area contributed by atoms with Crippen LogP contribution in [-0.4, -0.2) is 37.2 Å². The molecule has 0 aliphatic rings. The topological polar surface area (TPSA) is 78.9 Å². The highest BCUT2D eigenvalue weighted by Gasteiger charge is 2.19. The van der Waals surface area contributed by atoms with E-state index < -0.39 is 6.10 Å². The minimum atomic E-state index is -0.768. The molecule has 0 aromatic heterocycles. The van der Waals surface area contributed by atoms with Crippen LogP contribution in [0.25, 0.3) is 0 Å².